The average Bonchev–Trinajstić information content (AvgIpc) is 3.26. The first-order valence-corrected chi connectivity index (χ1v) is 20.8. The first-order valence-electron chi connectivity index (χ1n) is 20.8. The molecule has 2 N–H and O–H groups in total. The standard InChI is InChI=1S/C25H34N4O2.C19H27F3N4O/c1-20(2)29-13-12-26-24(18-29)25(30)28-16-14-27(15-17-28)22-8-10-23(11-9-22)31-19-21-6-4-3-5-7-21;1-14(2)26-7-6-23-17(13-26)18(27)25-10-8-24(9-11-25)16-5-3-4-15(12-16)19(20,21)22/h3-11,20,24,26H,12-19H2,1-2H3;3-5,12,14,17,23H,6-11,13H2,1-2H3/t24-;17-/m11/s1. The minimum absolute atomic E-state index is 0.0799. The van der Waals surface area contributed by atoms with E-state index in [-0.39, 0.29) is 23.9 Å². The molecule has 58 heavy (non-hydrogen) atoms. The predicted octanol–water partition coefficient (Wildman–Crippen LogP) is 4.63. The van der Waals surface area contributed by atoms with Crippen molar-refractivity contribution in [3.05, 3.63) is 90.0 Å². The number of carbonyl (C=O) groups is 2. The molecule has 14 heteroatoms. The quantitative estimate of drug-likeness (QED) is 0.322. The molecule has 316 valence electrons. The first-order chi connectivity index (χ1) is 27.9. The van der Waals surface area contributed by atoms with Gasteiger partial charge in [-0.3, -0.25) is 19.4 Å². The second kappa shape index (κ2) is 20.1. The number of ether oxygens (including phenoxy) is 1. The Kier molecular flexibility index (Phi) is 14.9. The van der Waals surface area contributed by atoms with Crippen LogP contribution in [0.3, 0.4) is 0 Å². The van der Waals surface area contributed by atoms with Gasteiger partial charge in [0.15, 0.2) is 0 Å². The molecule has 2 atom stereocenters. The third-order valence-electron chi connectivity index (χ3n) is 11.6. The number of anilines is 2. The van der Waals surface area contributed by atoms with Gasteiger partial charge in [0.25, 0.3) is 0 Å². The third kappa shape index (κ3) is 11.6. The fraction of sp³-hybridized carbons (Fsp3) is 0.545. The van der Waals surface area contributed by atoms with Crippen molar-refractivity contribution >= 4 is 23.2 Å². The number of amides is 2. The summed E-state index contributed by atoms with van der Waals surface area (Å²) in [5.41, 5.74) is 2.26. The summed E-state index contributed by atoms with van der Waals surface area (Å²) in [5, 5.41) is 6.71. The summed E-state index contributed by atoms with van der Waals surface area (Å²) >= 11 is 0. The first kappa shape index (κ1) is 43.2. The van der Waals surface area contributed by atoms with Crippen LogP contribution in [0.15, 0.2) is 78.9 Å². The largest absolute Gasteiger partial charge is 0.489 e. The van der Waals surface area contributed by atoms with E-state index in [0.717, 1.165) is 76.3 Å². The van der Waals surface area contributed by atoms with Crippen LogP contribution in [0.25, 0.3) is 0 Å². The fourth-order valence-corrected chi connectivity index (χ4v) is 8.00. The summed E-state index contributed by atoms with van der Waals surface area (Å²) in [6, 6.07) is 24.5. The van der Waals surface area contributed by atoms with Gasteiger partial charge in [0.1, 0.15) is 12.4 Å². The van der Waals surface area contributed by atoms with Crippen molar-refractivity contribution < 1.29 is 27.5 Å². The summed E-state index contributed by atoms with van der Waals surface area (Å²) in [4.78, 5) is 38.6. The number of benzene rings is 3. The van der Waals surface area contributed by atoms with Gasteiger partial charge in [0.05, 0.1) is 17.6 Å². The van der Waals surface area contributed by atoms with Gasteiger partial charge in [-0.15, -0.1) is 0 Å². The Balaban J connectivity index is 0.000000198. The van der Waals surface area contributed by atoms with E-state index in [1.54, 1.807) is 6.07 Å². The highest BCUT2D eigenvalue weighted by molar-refractivity contribution is 5.83. The number of halogens is 3. The molecule has 0 radical (unpaired) electrons. The van der Waals surface area contributed by atoms with Crippen LogP contribution in [0.1, 0.15) is 38.8 Å². The zero-order valence-electron chi connectivity index (χ0n) is 34.5. The molecule has 0 spiro atoms. The number of nitrogens with zero attached hydrogens (tertiary/aromatic N) is 6. The molecule has 4 aliphatic heterocycles. The van der Waals surface area contributed by atoms with E-state index < -0.39 is 11.7 Å². The smallest absolute Gasteiger partial charge is 0.416 e. The molecule has 3 aromatic carbocycles. The highest BCUT2D eigenvalue weighted by atomic mass is 19.4. The Labute approximate surface area is 342 Å². The Morgan fingerprint density at radius 1 is 0.638 bits per heavy atom. The van der Waals surface area contributed by atoms with E-state index in [0.29, 0.717) is 57.1 Å². The SMILES string of the molecule is CC(C)N1CCN[C@@H](C(=O)N2CCN(c3ccc(OCc4ccccc4)cc3)CC2)C1.CC(C)N1CCN[C@@H](C(=O)N2CCN(c3cccc(C(F)(F)F)c3)CC2)C1. The van der Waals surface area contributed by atoms with Gasteiger partial charge in [0.2, 0.25) is 11.8 Å². The van der Waals surface area contributed by atoms with Gasteiger partial charge in [-0.2, -0.15) is 13.2 Å². The van der Waals surface area contributed by atoms with Crippen molar-refractivity contribution in [3.8, 4) is 5.75 Å². The number of hydrogen-bond donors (Lipinski definition) is 2. The van der Waals surface area contributed by atoms with Crippen LogP contribution in [0, 0.1) is 0 Å². The van der Waals surface area contributed by atoms with Crippen molar-refractivity contribution in [2.45, 2.75) is 64.6 Å². The summed E-state index contributed by atoms with van der Waals surface area (Å²) in [6.07, 6.45) is -4.34. The van der Waals surface area contributed by atoms with E-state index in [1.165, 1.54) is 17.8 Å². The molecule has 0 aliphatic carbocycles. The Hall–Kier alpha value is -4.37. The van der Waals surface area contributed by atoms with Gasteiger partial charge in [-0.05, 0) is 75.7 Å². The van der Waals surface area contributed by atoms with Crippen LogP contribution in [0.4, 0.5) is 24.5 Å². The van der Waals surface area contributed by atoms with E-state index >= 15 is 0 Å². The Bertz CT molecular complexity index is 1750. The Morgan fingerprint density at radius 2 is 1.14 bits per heavy atom. The maximum atomic E-state index is 13.0. The van der Waals surface area contributed by atoms with Crippen molar-refractivity contribution in [2.24, 2.45) is 0 Å². The monoisotopic (exact) mass is 806 g/mol. The summed E-state index contributed by atoms with van der Waals surface area (Å²) < 4.78 is 44.6. The summed E-state index contributed by atoms with van der Waals surface area (Å²) in [7, 11) is 0. The van der Waals surface area contributed by atoms with Crippen molar-refractivity contribution in [1.82, 2.24) is 30.2 Å². The van der Waals surface area contributed by atoms with Gasteiger partial charge in [-0.1, -0.05) is 36.4 Å². The maximum Gasteiger partial charge on any atom is 0.416 e. The lowest BCUT2D eigenvalue weighted by atomic mass is 10.1. The third-order valence-corrected chi connectivity index (χ3v) is 11.6. The van der Waals surface area contributed by atoms with Crippen LogP contribution in [0.2, 0.25) is 0 Å². The molecule has 0 bridgehead atoms. The molecule has 4 heterocycles. The lowest BCUT2D eigenvalue weighted by Gasteiger charge is -2.41. The lowest BCUT2D eigenvalue weighted by Crippen LogP contribution is -2.61. The predicted molar refractivity (Wildman–Crippen MR) is 223 cm³/mol. The van der Waals surface area contributed by atoms with Gasteiger partial charge in [-0.25, -0.2) is 0 Å². The zero-order valence-corrected chi connectivity index (χ0v) is 34.5. The van der Waals surface area contributed by atoms with E-state index in [1.807, 2.05) is 45.0 Å². The number of hydrogen-bond acceptors (Lipinski definition) is 9. The number of carbonyl (C=O) groups excluding carboxylic acids is 2. The normalized spacial score (nSPS) is 21.2. The van der Waals surface area contributed by atoms with Gasteiger partial charge >= 0.3 is 6.18 Å². The molecular formula is C44H61F3N8O3. The number of rotatable bonds is 9. The van der Waals surface area contributed by atoms with Crippen LogP contribution in [-0.4, -0.2) is 147 Å². The molecular weight excluding hydrogens is 746 g/mol. The zero-order chi connectivity index (χ0) is 41.2. The summed E-state index contributed by atoms with van der Waals surface area (Å²) in [5.74, 6) is 1.21. The molecule has 0 unspecified atom stereocenters. The minimum atomic E-state index is -4.34. The molecule has 4 saturated heterocycles. The number of piperazine rings is 4. The molecule has 7 rings (SSSR count). The van der Waals surface area contributed by atoms with Crippen molar-refractivity contribution in [1.29, 1.82) is 0 Å². The number of alkyl halides is 3. The topological polar surface area (TPSA) is 86.9 Å². The summed E-state index contributed by atoms with van der Waals surface area (Å²) in [6.45, 7) is 19.7. The van der Waals surface area contributed by atoms with Crippen LogP contribution in [0.5, 0.6) is 5.75 Å². The van der Waals surface area contributed by atoms with Crippen molar-refractivity contribution in [2.75, 3.05) is 101 Å². The van der Waals surface area contributed by atoms with E-state index in [4.69, 9.17) is 4.74 Å². The highest BCUT2D eigenvalue weighted by Gasteiger charge is 2.34. The van der Waals surface area contributed by atoms with Crippen molar-refractivity contribution in [3.63, 3.8) is 0 Å². The van der Waals surface area contributed by atoms with Gasteiger partial charge in [0, 0.05) is 115 Å². The molecule has 0 saturated carbocycles. The molecule has 0 aromatic heterocycles. The Morgan fingerprint density at radius 3 is 1.62 bits per heavy atom. The number of nitrogens with one attached hydrogen (secondary N) is 2. The average molecular weight is 807 g/mol. The fourth-order valence-electron chi connectivity index (χ4n) is 8.00. The lowest BCUT2D eigenvalue weighted by molar-refractivity contribution is -0.137. The second-order valence-electron chi connectivity index (χ2n) is 16.1. The van der Waals surface area contributed by atoms with E-state index in [2.05, 4.69) is 77.3 Å². The molecule has 3 aromatic rings. The second-order valence-corrected chi connectivity index (χ2v) is 16.1. The molecule has 2 amide bonds. The molecule has 4 aliphatic rings. The molecule has 11 nitrogen and oxygen atoms in total. The van der Waals surface area contributed by atoms with Crippen LogP contribution < -0.4 is 25.2 Å². The van der Waals surface area contributed by atoms with Crippen LogP contribution >= 0.6 is 0 Å². The maximum absolute atomic E-state index is 13.0. The minimum Gasteiger partial charge on any atom is -0.489 e. The van der Waals surface area contributed by atoms with Gasteiger partial charge < -0.3 is 35.0 Å². The van der Waals surface area contributed by atoms with Crippen LogP contribution in [-0.2, 0) is 22.4 Å². The highest BCUT2D eigenvalue weighted by Crippen LogP contribution is 2.32. The van der Waals surface area contributed by atoms with E-state index in [9.17, 15) is 22.8 Å². The molecule has 4 fully saturated rings.